The van der Waals surface area contributed by atoms with Gasteiger partial charge in [-0.25, -0.2) is 8.42 Å². The molecule has 2 heterocycles. The van der Waals surface area contributed by atoms with E-state index in [0.717, 1.165) is 11.3 Å². The van der Waals surface area contributed by atoms with Gasteiger partial charge in [0.25, 0.3) is 10.0 Å². The smallest absolute Gasteiger partial charge is 0.253 e. The molecule has 2 N–H and O–H groups in total. The molecule has 0 radical (unpaired) electrons. The van der Waals surface area contributed by atoms with Crippen molar-refractivity contribution in [1.82, 2.24) is 9.29 Å². The zero-order valence-electron chi connectivity index (χ0n) is 11.4. The van der Waals surface area contributed by atoms with Crippen LogP contribution in [0.4, 0.5) is 5.69 Å². The van der Waals surface area contributed by atoms with Crippen LogP contribution < -0.4 is 5.73 Å². The minimum absolute atomic E-state index is 0.162. The van der Waals surface area contributed by atoms with E-state index in [9.17, 15) is 8.42 Å². The molecule has 0 amide bonds. The maximum atomic E-state index is 12.6. The number of hydrogen-bond acceptors (Lipinski definition) is 5. The fraction of sp³-hybridized carbons (Fsp3) is 0.308. The Morgan fingerprint density at radius 3 is 2.65 bits per heavy atom. The van der Waals surface area contributed by atoms with E-state index in [-0.39, 0.29) is 16.8 Å². The van der Waals surface area contributed by atoms with Crippen molar-refractivity contribution in [2.45, 2.75) is 30.6 Å². The Morgan fingerprint density at radius 1 is 1.40 bits per heavy atom. The zero-order chi connectivity index (χ0) is 14.8. The molecule has 0 unspecified atom stereocenters. The summed E-state index contributed by atoms with van der Waals surface area (Å²) in [5.41, 5.74) is 6.80. The second-order valence-electron chi connectivity index (χ2n) is 4.66. The first kappa shape index (κ1) is 15.0. The van der Waals surface area contributed by atoms with Gasteiger partial charge in [-0.3, -0.25) is 4.98 Å². The average molecular weight is 311 g/mol. The van der Waals surface area contributed by atoms with Crippen molar-refractivity contribution >= 4 is 27.0 Å². The molecule has 7 heteroatoms. The van der Waals surface area contributed by atoms with Gasteiger partial charge in [0.05, 0.1) is 12.2 Å². The van der Waals surface area contributed by atoms with Crippen molar-refractivity contribution in [2.75, 3.05) is 5.73 Å². The molecule has 5 nitrogen and oxygen atoms in total. The Labute approximate surface area is 123 Å². The molecule has 0 saturated heterocycles. The number of thiophene rings is 1. The van der Waals surface area contributed by atoms with Crippen LogP contribution in [0.15, 0.2) is 40.1 Å². The fourth-order valence-electron chi connectivity index (χ4n) is 1.78. The summed E-state index contributed by atoms with van der Waals surface area (Å²) in [5.74, 6) is 0. The molecule has 20 heavy (non-hydrogen) atoms. The molecule has 0 aliphatic carbocycles. The van der Waals surface area contributed by atoms with E-state index in [1.54, 1.807) is 17.6 Å². The van der Waals surface area contributed by atoms with Crippen LogP contribution in [0.1, 0.15) is 19.5 Å². The summed E-state index contributed by atoms with van der Waals surface area (Å²) in [7, 11) is -3.55. The topological polar surface area (TPSA) is 76.3 Å². The van der Waals surface area contributed by atoms with Crippen LogP contribution in [0, 0.1) is 0 Å². The predicted octanol–water partition coefficient (Wildman–Crippen LogP) is 2.32. The molecule has 2 aromatic heterocycles. The summed E-state index contributed by atoms with van der Waals surface area (Å²) in [6.45, 7) is 3.94. The predicted molar refractivity (Wildman–Crippen MR) is 80.8 cm³/mol. The van der Waals surface area contributed by atoms with Crippen molar-refractivity contribution in [3.8, 4) is 0 Å². The molecule has 0 atom stereocenters. The minimum atomic E-state index is -3.55. The molecule has 0 saturated carbocycles. The Bertz CT molecular complexity index is 666. The number of anilines is 1. The van der Waals surface area contributed by atoms with Gasteiger partial charge in [-0.2, -0.15) is 4.31 Å². The highest BCUT2D eigenvalue weighted by Crippen LogP contribution is 2.27. The van der Waals surface area contributed by atoms with Crippen molar-refractivity contribution in [1.29, 1.82) is 0 Å². The summed E-state index contributed by atoms with van der Waals surface area (Å²) in [5, 5.41) is 1.63. The molecular formula is C13H17N3O2S2. The highest BCUT2D eigenvalue weighted by molar-refractivity contribution is 7.91. The Morgan fingerprint density at radius 2 is 2.15 bits per heavy atom. The molecule has 0 aliphatic heterocycles. The number of aromatic nitrogens is 1. The standard InChI is InChI=1S/C13H17N3O2S2/c1-10(2)16(8-12-5-3-4-6-15-12)20(17,18)13-7-11(14)9-19-13/h3-7,9-10H,8,14H2,1-2H3. The van der Waals surface area contributed by atoms with Crippen molar-refractivity contribution < 1.29 is 8.42 Å². The van der Waals surface area contributed by atoms with Gasteiger partial charge >= 0.3 is 0 Å². The molecule has 0 aliphatic rings. The number of nitrogens with two attached hydrogens (primary N) is 1. The number of rotatable bonds is 5. The number of nitrogens with zero attached hydrogens (tertiary/aromatic N) is 2. The van der Waals surface area contributed by atoms with E-state index in [4.69, 9.17) is 5.73 Å². The number of pyridine rings is 1. The molecule has 0 bridgehead atoms. The van der Waals surface area contributed by atoms with E-state index in [1.165, 1.54) is 10.4 Å². The van der Waals surface area contributed by atoms with Crippen molar-refractivity contribution in [3.05, 3.63) is 41.5 Å². The minimum Gasteiger partial charge on any atom is -0.398 e. The van der Waals surface area contributed by atoms with Gasteiger partial charge in [0.2, 0.25) is 0 Å². The Balaban J connectivity index is 2.33. The first-order valence-corrected chi connectivity index (χ1v) is 8.49. The average Bonchev–Trinajstić information content (AvgIpc) is 2.84. The Hall–Kier alpha value is -1.44. The molecular weight excluding hydrogens is 294 g/mol. The molecule has 0 spiro atoms. The molecule has 2 rings (SSSR count). The third-order valence-corrected chi connectivity index (χ3v) is 6.23. The first-order valence-electron chi connectivity index (χ1n) is 6.17. The summed E-state index contributed by atoms with van der Waals surface area (Å²) in [6.07, 6.45) is 1.66. The van der Waals surface area contributed by atoms with E-state index < -0.39 is 10.0 Å². The summed E-state index contributed by atoms with van der Waals surface area (Å²) < 4.78 is 27.0. The SMILES string of the molecule is CC(C)N(Cc1ccccn1)S(=O)(=O)c1cc(N)cs1. The van der Waals surface area contributed by atoms with E-state index >= 15 is 0 Å². The Kier molecular flexibility index (Phi) is 4.42. The van der Waals surface area contributed by atoms with E-state index in [2.05, 4.69) is 4.98 Å². The quantitative estimate of drug-likeness (QED) is 0.919. The van der Waals surface area contributed by atoms with Gasteiger partial charge in [0.1, 0.15) is 4.21 Å². The molecule has 0 aromatic carbocycles. The lowest BCUT2D eigenvalue weighted by atomic mass is 10.3. The van der Waals surface area contributed by atoms with Crippen molar-refractivity contribution in [2.24, 2.45) is 0 Å². The lowest BCUT2D eigenvalue weighted by Crippen LogP contribution is -2.36. The zero-order valence-corrected chi connectivity index (χ0v) is 13.0. The maximum absolute atomic E-state index is 12.6. The van der Waals surface area contributed by atoms with Gasteiger partial charge in [-0.1, -0.05) is 6.07 Å². The summed E-state index contributed by atoms with van der Waals surface area (Å²) in [4.78, 5) is 4.19. The van der Waals surface area contributed by atoms with Gasteiger partial charge < -0.3 is 5.73 Å². The lowest BCUT2D eigenvalue weighted by molar-refractivity contribution is 0.345. The summed E-state index contributed by atoms with van der Waals surface area (Å²) in [6, 6.07) is 6.79. The molecule has 0 fully saturated rings. The molecule has 108 valence electrons. The van der Waals surface area contributed by atoms with Crippen LogP contribution in [0.25, 0.3) is 0 Å². The highest BCUT2D eigenvalue weighted by Gasteiger charge is 2.28. The normalized spacial score (nSPS) is 12.2. The summed E-state index contributed by atoms with van der Waals surface area (Å²) >= 11 is 1.14. The van der Waals surface area contributed by atoms with E-state index in [0.29, 0.717) is 11.4 Å². The van der Waals surface area contributed by atoms with Crippen LogP contribution in [0.2, 0.25) is 0 Å². The lowest BCUT2D eigenvalue weighted by Gasteiger charge is -2.24. The largest absolute Gasteiger partial charge is 0.398 e. The van der Waals surface area contributed by atoms with Gasteiger partial charge in [0.15, 0.2) is 0 Å². The fourth-order valence-corrected chi connectivity index (χ4v) is 4.59. The van der Waals surface area contributed by atoms with Gasteiger partial charge in [0, 0.05) is 23.3 Å². The van der Waals surface area contributed by atoms with Crippen LogP contribution >= 0.6 is 11.3 Å². The monoisotopic (exact) mass is 311 g/mol. The van der Waals surface area contributed by atoms with Gasteiger partial charge in [-0.05, 0) is 32.0 Å². The van der Waals surface area contributed by atoms with Crippen LogP contribution in [-0.2, 0) is 16.6 Å². The highest BCUT2D eigenvalue weighted by atomic mass is 32.2. The second-order valence-corrected chi connectivity index (χ2v) is 7.69. The van der Waals surface area contributed by atoms with Crippen LogP contribution in [-0.4, -0.2) is 23.7 Å². The third-order valence-electron chi connectivity index (χ3n) is 2.78. The maximum Gasteiger partial charge on any atom is 0.253 e. The first-order chi connectivity index (χ1) is 9.41. The van der Waals surface area contributed by atoms with Crippen LogP contribution in [0.5, 0.6) is 0 Å². The van der Waals surface area contributed by atoms with Gasteiger partial charge in [-0.15, -0.1) is 11.3 Å². The number of nitrogen functional groups attached to an aromatic ring is 1. The number of hydrogen-bond donors (Lipinski definition) is 1. The van der Waals surface area contributed by atoms with Crippen molar-refractivity contribution in [3.63, 3.8) is 0 Å². The third kappa shape index (κ3) is 3.17. The number of sulfonamides is 1. The molecule has 2 aromatic rings. The van der Waals surface area contributed by atoms with E-state index in [1.807, 2.05) is 26.0 Å². The second kappa shape index (κ2) is 5.90. The van der Waals surface area contributed by atoms with Crippen LogP contribution in [0.3, 0.4) is 0 Å².